The molecule has 0 aliphatic rings. The van der Waals surface area contributed by atoms with Crippen LogP contribution in [0.2, 0.25) is 0 Å². The summed E-state index contributed by atoms with van der Waals surface area (Å²) in [5.41, 5.74) is 3.53. The smallest absolute Gasteiger partial charge is 0.271 e. The zero-order valence-corrected chi connectivity index (χ0v) is 10.8. The lowest BCUT2D eigenvalue weighted by atomic mass is 10.2. The maximum atomic E-state index is 12.7. The number of hydrogen-bond acceptors (Lipinski definition) is 3. The summed E-state index contributed by atoms with van der Waals surface area (Å²) in [6.45, 7) is 0. The first-order chi connectivity index (χ1) is 9.69. The highest BCUT2D eigenvalue weighted by atomic mass is 19.1. The van der Waals surface area contributed by atoms with Gasteiger partial charge in [0.2, 0.25) is 0 Å². The topological polar surface area (TPSA) is 50.7 Å². The molecule has 20 heavy (non-hydrogen) atoms. The zero-order valence-electron chi connectivity index (χ0n) is 10.8. The second kappa shape index (κ2) is 6.47. The van der Waals surface area contributed by atoms with E-state index in [0.717, 1.165) is 0 Å². The zero-order chi connectivity index (χ0) is 14.4. The van der Waals surface area contributed by atoms with Crippen molar-refractivity contribution in [3.63, 3.8) is 0 Å². The van der Waals surface area contributed by atoms with Crippen LogP contribution in [0, 0.1) is 5.82 Å². The fraction of sp³-hybridized carbons (Fsp3) is 0.0667. The van der Waals surface area contributed by atoms with Gasteiger partial charge in [0.25, 0.3) is 5.91 Å². The van der Waals surface area contributed by atoms with Gasteiger partial charge in [-0.15, -0.1) is 0 Å². The molecule has 1 amide bonds. The van der Waals surface area contributed by atoms with Gasteiger partial charge in [0, 0.05) is 5.56 Å². The van der Waals surface area contributed by atoms with Crippen LogP contribution in [0.4, 0.5) is 4.39 Å². The molecule has 0 unspecified atom stereocenters. The first-order valence-corrected chi connectivity index (χ1v) is 5.92. The van der Waals surface area contributed by atoms with E-state index in [1.54, 1.807) is 36.4 Å². The van der Waals surface area contributed by atoms with Crippen LogP contribution in [0.25, 0.3) is 0 Å². The van der Waals surface area contributed by atoms with Crippen LogP contribution in [0.5, 0.6) is 5.75 Å². The van der Waals surface area contributed by atoms with Gasteiger partial charge in [-0.25, -0.2) is 9.82 Å². The minimum absolute atomic E-state index is 0.317. The van der Waals surface area contributed by atoms with Crippen molar-refractivity contribution in [3.05, 3.63) is 65.5 Å². The molecule has 0 saturated carbocycles. The van der Waals surface area contributed by atoms with Gasteiger partial charge in [0.05, 0.1) is 13.3 Å². The molecule has 0 aliphatic heterocycles. The van der Waals surface area contributed by atoms with Gasteiger partial charge in [-0.3, -0.25) is 4.79 Å². The molecule has 1 N–H and O–H groups in total. The van der Waals surface area contributed by atoms with Gasteiger partial charge >= 0.3 is 0 Å². The number of benzene rings is 2. The molecule has 4 nitrogen and oxygen atoms in total. The molecule has 0 saturated heterocycles. The predicted octanol–water partition coefficient (Wildman–Crippen LogP) is 2.60. The number of hydrazone groups is 1. The van der Waals surface area contributed by atoms with Crippen LogP contribution in [-0.2, 0) is 0 Å². The van der Waals surface area contributed by atoms with Gasteiger partial charge in [0.1, 0.15) is 11.6 Å². The molecule has 2 rings (SSSR count). The summed E-state index contributed by atoms with van der Waals surface area (Å²) in [5, 5.41) is 3.82. The van der Waals surface area contributed by atoms with Crippen molar-refractivity contribution in [2.45, 2.75) is 0 Å². The van der Waals surface area contributed by atoms with E-state index in [1.165, 1.54) is 25.5 Å². The van der Waals surface area contributed by atoms with E-state index < -0.39 is 0 Å². The fourth-order valence-corrected chi connectivity index (χ4v) is 1.54. The maximum absolute atomic E-state index is 12.7. The lowest BCUT2D eigenvalue weighted by Crippen LogP contribution is -2.17. The van der Waals surface area contributed by atoms with Gasteiger partial charge in [-0.1, -0.05) is 18.2 Å². The van der Waals surface area contributed by atoms with Crippen molar-refractivity contribution in [3.8, 4) is 5.75 Å². The molecule has 0 aliphatic carbocycles. The highest BCUT2D eigenvalue weighted by Crippen LogP contribution is 2.12. The molecule has 0 spiro atoms. The normalized spacial score (nSPS) is 10.5. The Morgan fingerprint density at radius 3 is 2.70 bits per heavy atom. The number of methoxy groups -OCH3 is 1. The Labute approximate surface area is 115 Å². The molecule has 2 aromatic rings. The van der Waals surface area contributed by atoms with E-state index in [0.29, 0.717) is 16.9 Å². The Morgan fingerprint density at radius 2 is 2.00 bits per heavy atom. The number of halogens is 1. The quantitative estimate of drug-likeness (QED) is 0.687. The number of hydrogen-bond donors (Lipinski definition) is 1. The number of amides is 1. The van der Waals surface area contributed by atoms with Crippen molar-refractivity contribution >= 4 is 12.1 Å². The number of rotatable bonds is 4. The van der Waals surface area contributed by atoms with Crippen molar-refractivity contribution in [2.75, 3.05) is 7.11 Å². The predicted molar refractivity (Wildman–Crippen MR) is 74.5 cm³/mol. The number of nitrogens with zero attached hydrogens (tertiary/aromatic N) is 1. The molecule has 102 valence electrons. The van der Waals surface area contributed by atoms with Gasteiger partial charge in [-0.05, 0) is 35.9 Å². The van der Waals surface area contributed by atoms with Gasteiger partial charge < -0.3 is 4.74 Å². The summed E-state index contributed by atoms with van der Waals surface area (Å²) in [5.74, 6) is -0.0648. The molecule has 0 aromatic heterocycles. The van der Waals surface area contributed by atoms with E-state index in [1.807, 2.05) is 0 Å². The van der Waals surface area contributed by atoms with Crippen molar-refractivity contribution in [2.24, 2.45) is 5.10 Å². The Bertz CT molecular complexity index is 624. The first kappa shape index (κ1) is 13.7. The van der Waals surface area contributed by atoms with E-state index in [2.05, 4.69) is 10.5 Å². The molecule has 0 bridgehead atoms. The Hall–Kier alpha value is -2.69. The third-order valence-electron chi connectivity index (χ3n) is 2.58. The minimum atomic E-state index is -0.345. The average molecular weight is 272 g/mol. The molecule has 0 atom stereocenters. The summed E-state index contributed by atoms with van der Waals surface area (Å²) in [6.07, 6.45) is 1.44. The van der Waals surface area contributed by atoms with Crippen molar-refractivity contribution in [1.29, 1.82) is 0 Å². The van der Waals surface area contributed by atoms with Gasteiger partial charge in [-0.2, -0.15) is 5.10 Å². The highest BCUT2D eigenvalue weighted by molar-refractivity contribution is 5.95. The standard InChI is InChI=1S/C15H13FN2O2/c1-20-14-4-2-3-12(9-14)15(19)18-17-10-11-5-7-13(16)8-6-11/h2-10H,1H3,(H,18,19)/b17-10+. The second-order valence-electron chi connectivity index (χ2n) is 3.98. The molecular formula is C15H13FN2O2. The maximum Gasteiger partial charge on any atom is 0.271 e. The third kappa shape index (κ3) is 3.65. The van der Waals surface area contributed by atoms with Crippen LogP contribution in [-0.4, -0.2) is 19.2 Å². The second-order valence-corrected chi connectivity index (χ2v) is 3.98. The SMILES string of the molecule is COc1cccc(C(=O)N/N=C/c2ccc(F)cc2)c1. The first-order valence-electron chi connectivity index (χ1n) is 5.92. The van der Waals surface area contributed by atoms with Crippen molar-refractivity contribution in [1.82, 2.24) is 5.43 Å². The largest absolute Gasteiger partial charge is 0.497 e. The van der Waals surface area contributed by atoms with Gasteiger partial charge in [0.15, 0.2) is 0 Å². The third-order valence-corrected chi connectivity index (χ3v) is 2.58. The van der Waals surface area contributed by atoms with Crippen LogP contribution < -0.4 is 10.2 Å². The number of carbonyl (C=O) groups is 1. The highest BCUT2D eigenvalue weighted by Gasteiger charge is 2.04. The molecule has 5 heteroatoms. The number of nitrogens with one attached hydrogen (secondary N) is 1. The summed E-state index contributed by atoms with van der Waals surface area (Å²) >= 11 is 0. The lowest BCUT2D eigenvalue weighted by Gasteiger charge is -2.02. The summed E-state index contributed by atoms with van der Waals surface area (Å²) < 4.78 is 17.7. The molecule has 0 heterocycles. The number of ether oxygens (including phenoxy) is 1. The monoisotopic (exact) mass is 272 g/mol. The fourth-order valence-electron chi connectivity index (χ4n) is 1.54. The number of carbonyl (C=O) groups excluding carboxylic acids is 1. The van der Waals surface area contributed by atoms with Crippen LogP contribution >= 0.6 is 0 Å². The molecular weight excluding hydrogens is 259 g/mol. The van der Waals surface area contributed by atoms with Crippen molar-refractivity contribution < 1.29 is 13.9 Å². The van der Waals surface area contributed by atoms with Crippen LogP contribution in [0.3, 0.4) is 0 Å². The Kier molecular flexibility index (Phi) is 4.44. The summed E-state index contributed by atoms with van der Waals surface area (Å²) in [6, 6.07) is 12.5. The van der Waals surface area contributed by atoms with E-state index >= 15 is 0 Å². The summed E-state index contributed by atoms with van der Waals surface area (Å²) in [7, 11) is 1.53. The average Bonchev–Trinajstić information content (AvgIpc) is 2.49. The van der Waals surface area contributed by atoms with Crippen LogP contribution in [0.1, 0.15) is 15.9 Å². The lowest BCUT2D eigenvalue weighted by molar-refractivity contribution is 0.0955. The van der Waals surface area contributed by atoms with E-state index in [-0.39, 0.29) is 11.7 Å². The minimum Gasteiger partial charge on any atom is -0.497 e. The molecule has 0 fully saturated rings. The van der Waals surface area contributed by atoms with E-state index in [9.17, 15) is 9.18 Å². The van der Waals surface area contributed by atoms with E-state index in [4.69, 9.17) is 4.74 Å². The Balaban J connectivity index is 1.99. The molecule has 2 aromatic carbocycles. The Morgan fingerprint density at radius 1 is 1.25 bits per heavy atom. The van der Waals surface area contributed by atoms with Crippen LogP contribution in [0.15, 0.2) is 53.6 Å². The summed E-state index contributed by atoms with van der Waals surface area (Å²) in [4.78, 5) is 11.8. The molecule has 0 radical (unpaired) electrons.